The predicted molar refractivity (Wildman–Crippen MR) is 110 cm³/mol. The minimum Gasteiger partial charge on any atom is -0.457 e. The van der Waals surface area contributed by atoms with Gasteiger partial charge in [-0.1, -0.05) is 0 Å². The molecule has 1 aromatic rings. The van der Waals surface area contributed by atoms with Crippen molar-refractivity contribution in [2.75, 3.05) is 13.2 Å². The van der Waals surface area contributed by atoms with Crippen molar-refractivity contribution in [2.45, 2.75) is 83.5 Å². The molecule has 1 N–H and O–H groups in total. The molecule has 0 radical (unpaired) electrons. The molecular weight excluding hydrogens is 382 g/mol. The largest absolute Gasteiger partial charge is 0.457 e. The monoisotopic (exact) mass is 415 g/mol. The number of ketones is 1. The molecular formula is C24H33NO5. The van der Waals surface area contributed by atoms with Crippen LogP contribution >= 0.6 is 0 Å². The third-order valence-corrected chi connectivity index (χ3v) is 8.08. The first kappa shape index (κ1) is 20.3. The maximum absolute atomic E-state index is 13.1. The van der Waals surface area contributed by atoms with E-state index in [1.165, 1.54) is 0 Å². The van der Waals surface area contributed by atoms with E-state index >= 15 is 0 Å². The molecule has 4 saturated carbocycles. The summed E-state index contributed by atoms with van der Waals surface area (Å²) < 4.78 is 13.5. The quantitative estimate of drug-likeness (QED) is 0.570. The average molecular weight is 416 g/mol. The number of aliphatic hydroxyl groups is 1. The molecule has 1 saturated heterocycles. The van der Waals surface area contributed by atoms with Crippen molar-refractivity contribution >= 4 is 11.8 Å². The van der Waals surface area contributed by atoms with Gasteiger partial charge in [-0.3, -0.25) is 9.59 Å². The van der Waals surface area contributed by atoms with Gasteiger partial charge in [0.15, 0.2) is 6.61 Å². The Balaban J connectivity index is 1.25. The molecule has 164 valence electrons. The van der Waals surface area contributed by atoms with Crippen molar-refractivity contribution in [1.29, 1.82) is 0 Å². The molecule has 6 heteroatoms. The average Bonchev–Trinajstić information content (AvgIpc) is 3.27. The third kappa shape index (κ3) is 3.42. The number of ether oxygens (including phenoxy) is 2. The summed E-state index contributed by atoms with van der Waals surface area (Å²) in [5, 5.41) is 10.9. The fourth-order valence-electron chi connectivity index (χ4n) is 7.17. The topological polar surface area (TPSA) is 77.8 Å². The number of hydrogen-bond donors (Lipinski definition) is 1. The molecule has 4 bridgehead atoms. The number of Topliss-reactive ketones (excluding diaryl/α,β-unsaturated/α-hetero) is 1. The SMILES string of the molecule is Cc1cc(C(=O)COC(=O)C23C[C@@H]4C[C@@H](CC(O)(C4)C2)C3)c(C)n1C[C@H]1CCCO1. The number of aryl methyl sites for hydroxylation is 1. The highest BCUT2D eigenvalue weighted by molar-refractivity contribution is 5.99. The van der Waals surface area contributed by atoms with E-state index < -0.39 is 11.0 Å². The Morgan fingerprint density at radius 2 is 1.97 bits per heavy atom. The van der Waals surface area contributed by atoms with Crippen LogP contribution < -0.4 is 0 Å². The molecule has 0 aromatic carbocycles. The number of hydrogen-bond acceptors (Lipinski definition) is 5. The normalized spacial score (nSPS) is 37.0. The second kappa shape index (κ2) is 7.20. The van der Waals surface area contributed by atoms with Crippen molar-refractivity contribution in [3.63, 3.8) is 0 Å². The molecule has 2 heterocycles. The Morgan fingerprint density at radius 1 is 1.23 bits per heavy atom. The smallest absolute Gasteiger partial charge is 0.312 e. The zero-order chi connectivity index (χ0) is 21.1. The molecule has 6 rings (SSSR count). The Morgan fingerprint density at radius 3 is 2.60 bits per heavy atom. The molecule has 5 atom stereocenters. The number of aromatic nitrogens is 1. The van der Waals surface area contributed by atoms with Gasteiger partial charge >= 0.3 is 5.97 Å². The van der Waals surface area contributed by atoms with E-state index in [1.54, 1.807) is 0 Å². The van der Waals surface area contributed by atoms with Crippen LogP contribution in [0.25, 0.3) is 0 Å². The van der Waals surface area contributed by atoms with Gasteiger partial charge in [0, 0.05) is 30.1 Å². The van der Waals surface area contributed by atoms with Gasteiger partial charge in [-0.2, -0.15) is 0 Å². The van der Waals surface area contributed by atoms with Gasteiger partial charge in [-0.15, -0.1) is 0 Å². The van der Waals surface area contributed by atoms with Crippen LogP contribution in [0.1, 0.15) is 73.1 Å². The van der Waals surface area contributed by atoms with E-state index in [1.807, 2.05) is 19.9 Å². The van der Waals surface area contributed by atoms with Crippen molar-refractivity contribution in [3.05, 3.63) is 23.0 Å². The summed E-state index contributed by atoms with van der Waals surface area (Å²) in [5.74, 6) is 0.391. The van der Waals surface area contributed by atoms with Crippen molar-refractivity contribution in [1.82, 2.24) is 4.57 Å². The van der Waals surface area contributed by atoms with E-state index in [9.17, 15) is 14.7 Å². The van der Waals surface area contributed by atoms with Crippen LogP contribution in [0.15, 0.2) is 6.07 Å². The lowest BCUT2D eigenvalue weighted by atomic mass is 9.48. The van der Waals surface area contributed by atoms with Crippen LogP contribution in [-0.2, 0) is 20.8 Å². The molecule has 30 heavy (non-hydrogen) atoms. The van der Waals surface area contributed by atoms with Gasteiger partial charge in [0.25, 0.3) is 0 Å². The van der Waals surface area contributed by atoms with Crippen molar-refractivity contribution < 1.29 is 24.2 Å². The van der Waals surface area contributed by atoms with Gasteiger partial charge in [0.2, 0.25) is 5.78 Å². The van der Waals surface area contributed by atoms with Crippen molar-refractivity contribution in [2.24, 2.45) is 17.3 Å². The minimum absolute atomic E-state index is 0.154. The Kier molecular flexibility index (Phi) is 4.86. The predicted octanol–water partition coefficient (Wildman–Crippen LogP) is 3.34. The van der Waals surface area contributed by atoms with Crippen LogP contribution in [0.2, 0.25) is 0 Å². The van der Waals surface area contributed by atoms with E-state index in [0.717, 1.165) is 69.5 Å². The third-order valence-electron chi connectivity index (χ3n) is 8.08. The van der Waals surface area contributed by atoms with Crippen LogP contribution in [-0.4, -0.2) is 46.3 Å². The van der Waals surface area contributed by atoms with Gasteiger partial charge in [-0.25, -0.2) is 0 Å². The van der Waals surface area contributed by atoms with Gasteiger partial charge in [0.1, 0.15) is 0 Å². The van der Waals surface area contributed by atoms with E-state index in [0.29, 0.717) is 23.8 Å². The zero-order valence-electron chi connectivity index (χ0n) is 18.1. The standard InChI is InChI=1S/C24H33NO5/c1-15-6-20(16(2)25(15)12-19-4-3-5-29-19)21(26)13-30-22(27)23-8-17-7-18(9-23)11-24(28,10-17)14-23/h6,17-19,28H,3-5,7-14H2,1-2H3/t17-,18+,19-,23?,24?/m1/s1. The van der Waals surface area contributed by atoms with Crippen LogP contribution in [0.5, 0.6) is 0 Å². The van der Waals surface area contributed by atoms with Gasteiger partial charge in [0.05, 0.1) is 17.1 Å². The molecule has 5 aliphatic rings. The lowest BCUT2D eigenvalue weighted by Crippen LogP contribution is -2.58. The number of carbonyl (C=O) groups excluding carboxylic acids is 2. The second-order valence-corrected chi connectivity index (χ2v) is 10.5. The van der Waals surface area contributed by atoms with Gasteiger partial charge < -0.3 is 19.1 Å². The molecule has 1 aliphatic heterocycles. The maximum Gasteiger partial charge on any atom is 0.312 e. The summed E-state index contributed by atoms with van der Waals surface area (Å²) in [6, 6.07) is 1.90. The number of carbonyl (C=O) groups is 2. The van der Waals surface area contributed by atoms with Crippen LogP contribution in [0, 0.1) is 31.1 Å². The minimum atomic E-state index is -0.708. The molecule has 5 fully saturated rings. The van der Waals surface area contributed by atoms with E-state index in [-0.39, 0.29) is 24.5 Å². The maximum atomic E-state index is 13.1. The first-order valence-electron chi connectivity index (χ1n) is 11.5. The molecule has 0 amide bonds. The molecule has 1 aromatic heterocycles. The molecule has 4 aliphatic carbocycles. The molecule has 2 unspecified atom stereocenters. The summed E-state index contributed by atoms with van der Waals surface area (Å²) in [6.07, 6.45) is 7.19. The summed E-state index contributed by atoms with van der Waals surface area (Å²) in [5.41, 5.74) is 1.27. The Labute approximate surface area is 177 Å². The van der Waals surface area contributed by atoms with E-state index in [2.05, 4.69) is 4.57 Å². The number of rotatable bonds is 6. The summed E-state index contributed by atoms with van der Waals surface area (Å²) >= 11 is 0. The Hall–Kier alpha value is -1.66. The summed E-state index contributed by atoms with van der Waals surface area (Å²) in [4.78, 5) is 25.9. The lowest BCUT2D eigenvalue weighted by molar-refractivity contribution is -0.195. The molecule has 0 spiro atoms. The first-order chi connectivity index (χ1) is 14.3. The highest BCUT2D eigenvalue weighted by Gasteiger charge is 2.60. The van der Waals surface area contributed by atoms with Crippen LogP contribution in [0.3, 0.4) is 0 Å². The zero-order valence-corrected chi connectivity index (χ0v) is 18.1. The highest BCUT2D eigenvalue weighted by Crippen LogP contribution is 2.61. The van der Waals surface area contributed by atoms with Crippen LogP contribution in [0.4, 0.5) is 0 Å². The Bertz CT molecular complexity index is 851. The van der Waals surface area contributed by atoms with Gasteiger partial charge in [-0.05, 0) is 83.1 Å². The van der Waals surface area contributed by atoms with E-state index in [4.69, 9.17) is 9.47 Å². The summed E-state index contributed by atoms with van der Waals surface area (Å²) in [6.45, 7) is 5.30. The fourth-order valence-corrected chi connectivity index (χ4v) is 7.17. The highest BCUT2D eigenvalue weighted by atomic mass is 16.5. The second-order valence-electron chi connectivity index (χ2n) is 10.5. The lowest BCUT2D eigenvalue weighted by Gasteiger charge is -2.58. The molecule has 6 nitrogen and oxygen atoms in total. The first-order valence-corrected chi connectivity index (χ1v) is 11.5. The number of nitrogens with zero attached hydrogens (tertiary/aromatic N) is 1. The number of esters is 1. The van der Waals surface area contributed by atoms with Crippen molar-refractivity contribution in [3.8, 4) is 0 Å². The fraction of sp³-hybridized carbons (Fsp3) is 0.750. The summed E-state index contributed by atoms with van der Waals surface area (Å²) in [7, 11) is 0.